The molecule has 176 valence electrons. The van der Waals surface area contributed by atoms with Crippen LogP contribution in [0.2, 0.25) is 0 Å². The first-order valence-electron chi connectivity index (χ1n) is 11.1. The van der Waals surface area contributed by atoms with Gasteiger partial charge in [0.1, 0.15) is 5.82 Å². The van der Waals surface area contributed by atoms with E-state index < -0.39 is 17.8 Å². The molecule has 0 saturated heterocycles. The standard InChI is InChI=1S/C27H21FN2O3S2/c1-3-33-26(32)22-23(17-7-5-4-6-8-17)29-27-30(24(22)18-9-11-19(28)12-10-18)25(31)21(35-27)15-20-16(2)13-14-34-20/h4-15,24H,3H2,1-2H3/b21-15-. The molecule has 0 spiro atoms. The predicted molar refractivity (Wildman–Crippen MR) is 137 cm³/mol. The summed E-state index contributed by atoms with van der Waals surface area (Å²) in [4.78, 5) is 33.3. The fourth-order valence-electron chi connectivity index (χ4n) is 4.05. The van der Waals surface area contributed by atoms with Crippen LogP contribution in [-0.4, -0.2) is 17.1 Å². The van der Waals surface area contributed by atoms with Gasteiger partial charge in [-0.2, -0.15) is 0 Å². The van der Waals surface area contributed by atoms with Gasteiger partial charge in [0.05, 0.1) is 28.5 Å². The van der Waals surface area contributed by atoms with Crippen molar-refractivity contribution in [1.29, 1.82) is 0 Å². The Morgan fingerprint density at radius 3 is 2.54 bits per heavy atom. The number of halogens is 1. The van der Waals surface area contributed by atoms with Crippen LogP contribution in [0.4, 0.5) is 4.39 Å². The van der Waals surface area contributed by atoms with Crippen molar-refractivity contribution in [2.24, 2.45) is 4.99 Å². The highest BCUT2D eigenvalue weighted by Gasteiger charge is 2.35. The second-order valence-electron chi connectivity index (χ2n) is 7.95. The molecule has 5 rings (SSSR count). The number of benzene rings is 2. The summed E-state index contributed by atoms with van der Waals surface area (Å²) >= 11 is 2.82. The van der Waals surface area contributed by atoms with Gasteiger partial charge in [0.2, 0.25) is 0 Å². The third-order valence-corrected chi connectivity index (χ3v) is 7.67. The van der Waals surface area contributed by atoms with Gasteiger partial charge in [-0.25, -0.2) is 14.2 Å². The SMILES string of the molecule is CCOC(=O)C1=C(c2ccccc2)N=c2s/c(=C\c3sccc3C)c(=O)n2C1c1ccc(F)cc1. The lowest BCUT2D eigenvalue weighted by Gasteiger charge is -2.25. The predicted octanol–water partition coefficient (Wildman–Crippen LogP) is 4.44. The number of fused-ring (bicyclic) bond motifs is 1. The highest BCUT2D eigenvalue weighted by molar-refractivity contribution is 7.11. The Morgan fingerprint density at radius 2 is 1.89 bits per heavy atom. The number of aromatic nitrogens is 1. The summed E-state index contributed by atoms with van der Waals surface area (Å²) in [6.45, 7) is 3.89. The fraction of sp³-hybridized carbons (Fsp3) is 0.148. The lowest BCUT2D eigenvalue weighted by Crippen LogP contribution is -2.40. The Morgan fingerprint density at radius 1 is 1.14 bits per heavy atom. The zero-order valence-electron chi connectivity index (χ0n) is 19.0. The molecule has 8 heteroatoms. The van der Waals surface area contributed by atoms with Gasteiger partial charge in [-0.05, 0) is 54.6 Å². The molecule has 5 nitrogen and oxygen atoms in total. The number of ether oxygens (including phenoxy) is 1. The molecule has 1 atom stereocenters. The number of rotatable bonds is 5. The molecule has 0 amide bonds. The van der Waals surface area contributed by atoms with Crippen molar-refractivity contribution in [3.05, 3.63) is 119 Å². The van der Waals surface area contributed by atoms with Crippen LogP contribution >= 0.6 is 22.7 Å². The second kappa shape index (κ2) is 9.56. The minimum atomic E-state index is -0.812. The number of carbonyl (C=O) groups is 1. The third kappa shape index (κ3) is 4.31. The van der Waals surface area contributed by atoms with Gasteiger partial charge < -0.3 is 4.74 Å². The number of carbonyl (C=O) groups excluding carboxylic acids is 1. The van der Waals surface area contributed by atoms with E-state index >= 15 is 0 Å². The third-order valence-electron chi connectivity index (χ3n) is 5.72. The van der Waals surface area contributed by atoms with E-state index in [1.54, 1.807) is 30.4 Å². The molecule has 1 unspecified atom stereocenters. The number of hydrogen-bond donors (Lipinski definition) is 0. The molecule has 0 aliphatic carbocycles. The van der Waals surface area contributed by atoms with Gasteiger partial charge in [0.15, 0.2) is 4.80 Å². The molecule has 2 aromatic heterocycles. The van der Waals surface area contributed by atoms with Crippen LogP contribution in [0, 0.1) is 12.7 Å². The van der Waals surface area contributed by atoms with Crippen LogP contribution in [0.5, 0.6) is 0 Å². The number of nitrogens with zero attached hydrogens (tertiary/aromatic N) is 2. The molecule has 0 fully saturated rings. The Labute approximate surface area is 208 Å². The first-order valence-corrected chi connectivity index (χ1v) is 12.8. The van der Waals surface area contributed by atoms with E-state index in [0.717, 1.165) is 16.0 Å². The summed E-state index contributed by atoms with van der Waals surface area (Å²) < 4.78 is 21.3. The first kappa shape index (κ1) is 23.1. The van der Waals surface area contributed by atoms with Crippen molar-refractivity contribution in [3.63, 3.8) is 0 Å². The van der Waals surface area contributed by atoms with Crippen LogP contribution < -0.4 is 14.9 Å². The highest BCUT2D eigenvalue weighted by Crippen LogP contribution is 2.35. The molecular formula is C27H21FN2O3S2. The van der Waals surface area contributed by atoms with E-state index in [1.807, 2.05) is 54.8 Å². The molecular weight excluding hydrogens is 483 g/mol. The molecule has 3 heterocycles. The van der Waals surface area contributed by atoms with Crippen molar-refractivity contribution >= 4 is 40.4 Å². The molecule has 0 N–H and O–H groups in total. The molecule has 35 heavy (non-hydrogen) atoms. The van der Waals surface area contributed by atoms with Gasteiger partial charge >= 0.3 is 5.97 Å². The minimum absolute atomic E-state index is 0.169. The summed E-state index contributed by atoms with van der Waals surface area (Å²) in [7, 11) is 0. The topological polar surface area (TPSA) is 60.7 Å². The Balaban J connectivity index is 1.85. The Kier molecular flexibility index (Phi) is 6.32. The number of thiophene rings is 1. The zero-order chi connectivity index (χ0) is 24.5. The number of esters is 1. The van der Waals surface area contributed by atoms with Crippen LogP contribution in [0.1, 0.15) is 34.5 Å². The normalized spacial score (nSPS) is 15.6. The van der Waals surface area contributed by atoms with Gasteiger partial charge in [-0.1, -0.05) is 53.8 Å². The van der Waals surface area contributed by atoms with E-state index in [1.165, 1.54) is 28.0 Å². The van der Waals surface area contributed by atoms with Crippen molar-refractivity contribution in [2.75, 3.05) is 6.61 Å². The maximum absolute atomic E-state index is 13.8. The average molecular weight is 505 g/mol. The maximum Gasteiger partial charge on any atom is 0.338 e. The van der Waals surface area contributed by atoms with Crippen LogP contribution in [0.25, 0.3) is 11.8 Å². The van der Waals surface area contributed by atoms with Crippen LogP contribution in [0.15, 0.2) is 81.4 Å². The Hall–Kier alpha value is -3.62. The van der Waals surface area contributed by atoms with Crippen molar-refractivity contribution < 1.29 is 13.9 Å². The first-order chi connectivity index (χ1) is 17.0. The minimum Gasteiger partial charge on any atom is -0.463 e. The van der Waals surface area contributed by atoms with Gasteiger partial charge in [0.25, 0.3) is 5.56 Å². The molecule has 0 saturated carbocycles. The summed E-state index contributed by atoms with van der Waals surface area (Å²) in [5.41, 5.74) is 2.83. The molecule has 1 aliphatic rings. The summed E-state index contributed by atoms with van der Waals surface area (Å²) in [5.74, 6) is -0.966. The molecule has 1 aliphatic heterocycles. The van der Waals surface area contributed by atoms with E-state index in [4.69, 9.17) is 9.73 Å². The summed E-state index contributed by atoms with van der Waals surface area (Å²) in [5, 5.41) is 1.98. The molecule has 4 aromatic rings. The maximum atomic E-state index is 13.8. The molecule has 2 aromatic carbocycles. The van der Waals surface area contributed by atoms with Crippen molar-refractivity contribution in [1.82, 2.24) is 4.57 Å². The zero-order valence-corrected chi connectivity index (χ0v) is 20.7. The summed E-state index contributed by atoms with van der Waals surface area (Å²) in [6.07, 6.45) is 1.86. The Bertz CT molecular complexity index is 1610. The van der Waals surface area contributed by atoms with E-state index in [2.05, 4.69) is 0 Å². The van der Waals surface area contributed by atoms with Gasteiger partial charge in [-0.3, -0.25) is 9.36 Å². The van der Waals surface area contributed by atoms with Crippen LogP contribution in [0.3, 0.4) is 0 Å². The number of hydrogen-bond acceptors (Lipinski definition) is 6. The molecule has 0 bridgehead atoms. The second-order valence-corrected chi connectivity index (χ2v) is 9.91. The van der Waals surface area contributed by atoms with E-state index in [-0.39, 0.29) is 17.7 Å². The lowest BCUT2D eigenvalue weighted by molar-refractivity contribution is -0.138. The van der Waals surface area contributed by atoms with Crippen molar-refractivity contribution in [2.45, 2.75) is 19.9 Å². The number of thiazole rings is 1. The van der Waals surface area contributed by atoms with Gasteiger partial charge in [0, 0.05) is 10.4 Å². The lowest BCUT2D eigenvalue weighted by atomic mass is 9.93. The monoisotopic (exact) mass is 504 g/mol. The van der Waals surface area contributed by atoms with E-state index in [0.29, 0.717) is 20.6 Å². The average Bonchev–Trinajstić information content (AvgIpc) is 3.41. The van der Waals surface area contributed by atoms with Crippen molar-refractivity contribution in [3.8, 4) is 0 Å². The number of aryl methyl sites for hydroxylation is 1. The quantitative estimate of drug-likeness (QED) is 0.378. The largest absolute Gasteiger partial charge is 0.463 e. The van der Waals surface area contributed by atoms with E-state index in [9.17, 15) is 14.0 Å². The summed E-state index contributed by atoms with van der Waals surface area (Å²) in [6, 6.07) is 16.4. The highest BCUT2D eigenvalue weighted by atomic mass is 32.1. The fourth-order valence-corrected chi connectivity index (χ4v) is 5.97. The smallest absolute Gasteiger partial charge is 0.338 e. The van der Waals surface area contributed by atoms with Crippen LogP contribution in [-0.2, 0) is 9.53 Å². The molecule has 0 radical (unpaired) electrons. The van der Waals surface area contributed by atoms with Gasteiger partial charge in [-0.15, -0.1) is 11.3 Å².